The highest BCUT2D eigenvalue weighted by atomic mass is 19.1. The van der Waals surface area contributed by atoms with Crippen LogP contribution in [-0.2, 0) is 13.0 Å². The maximum absolute atomic E-state index is 13.0. The van der Waals surface area contributed by atoms with Gasteiger partial charge >= 0.3 is 5.69 Å². The quantitative estimate of drug-likeness (QED) is 0.624. The molecule has 0 spiro atoms. The van der Waals surface area contributed by atoms with E-state index < -0.39 is 17.2 Å². The number of nitrogens with one attached hydrogen (secondary N) is 2. The van der Waals surface area contributed by atoms with E-state index >= 15 is 0 Å². The minimum atomic E-state index is -0.631. The highest BCUT2D eigenvalue weighted by Gasteiger charge is 2.20. The van der Waals surface area contributed by atoms with Crippen molar-refractivity contribution in [1.82, 2.24) is 19.9 Å². The Hall–Kier alpha value is -3.29. The first-order valence-electron chi connectivity index (χ1n) is 10.0. The smallest absolute Gasteiger partial charge is 0.329 e. The number of carbonyl (C=O) groups excluding carboxylic acids is 1. The zero-order chi connectivity index (χ0) is 21.8. The van der Waals surface area contributed by atoms with Crippen LogP contribution in [0.5, 0.6) is 0 Å². The maximum atomic E-state index is 13.0. The molecule has 2 aromatic heterocycles. The molecule has 1 aromatic carbocycles. The van der Waals surface area contributed by atoms with Gasteiger partial charge < -0.3 is 5.32 Å². The van der Waals surface area contributed by atoms with Gasteiger partial charge in [-0.3, -0.25) is 19.1 Å². The number of aromatic amines is 1. The van der Waals surface area contributed by atoms with Crippen molar-refractivity contribution in [1.29, 1.82) is 0 Å². The van der Waals surface area contributed by atoms with Crippen molar-refractivity contribution in [3.63, 3.8) is 0 Å². The Morgan fingerprint density at radius 2 is 1.93 bits per heavy atom. The van der Waals surface area contributed by atoms with Gasteiger partial charge in [-0.2, -0.15) is 0 Å². The highest BCUT2D eigenvalue weighted by molar-refractivity contribution is 6.05. The second-order valence-corrected chi connectivity index (χ2v) is 7.49. The molecule has 0 saturated heterocycles. The van der Waals surface area contributed by atoms with Crippen LogP contribution in [0, 0.1) is 5.82 Å². The molecule has 8 heteroatoms. The Balaban J connectivity index is 1.99. The summed E-state index contributed by atoms with van der Waals surface area (Å²) in [5, 5.41) is 2.92. The molecule has 2 heterocycles. The predicted octanol–water partition coefficient (Wildman–Crippen LogP) is 2.73. The Bertz CT molecular complexity index is 1180. The number of rotatable bonds is 7. The first-order chi connectivity index (χ1) is 14.3. The summed E-state index contributed by atoms with van der Waals surface area (Å²) in [5.41, 5.74) is 0.753. The van der Waals surface area contributed by atoms with E-state index in [1.807, 2.05) is 20.8 Å². The van der Waals surface area contributed by atoms with E-state index in [1.54, 1.807) is 18.2 Å². The SMILES string of the molecule is CCCn1c(=O)[nH]c(=O)c2c(C(=O)NCCc3ccc(F)cc3)cc(C(C)C)nc21. The number of carbonyl (C=O) groups is 1. The number of aromatic nitrogens is 3. The van der Waals surface area contributed by atoms with Crippen LogP contribution in [0.25, 0.3) is 11.0 Å². The van der Waals surface area contributed by atoms with Crippen molar-refractivity contribution in [3.8, 4) is 0 Å². The van der Waals surface area contributed by atoms with Gasteiger partial charge in [0.1, 0.15) is 5.82 Å². The number of aryl methyl sites for hydroxylation is 1. The molecule has 0 radical (unpaired) electrons. The summed E-state index contributed by atoms with van der Waals surface area (Å²) < 4.78 is 14.4. The molecular formula is C22H25FN4O3. The molecule has 0 bridgehead atoms. The van der Waals surface area contributed by atoms with Crippen LogP contribution in [0.4, 0.5) is 4.39 Å². The lowest BCUT2D eigenvalue weighted by molar-refractivity contribution is 0.0955. The largest absolute Gasteiger partial charge is 0.352 e. The van der Waals surface area contributed by atoms with Gasteiger partial charge in [-0.15, -0.1) is 0 Å². The van der Waals surface area contributed by atoms with Crippen LogP contribution in [0.15, 0.2) is 39.9 Å². The first kappa shape index (κ1) is 21.4. The number of nitrogens with zero attached hydrogens (tertiary/aromatic N) is 2. The number of H-pyrrole nitrogens is 1. The fourth-order valence-corrected chi connectivity index (χ4v) is 3.27. The molecule has 158 valence electrons. The van der Waals surface area contributed by atoms with E-state index in [4.69, 9.17) is 0 Å². The van der Waals surface area contributed by atoms with Gasteiger partial charge in [0.25, 0.3) is 11.5 Å². The van der Waals surface area contributed by atoms with Crippen LogP contribution < -0.4 is 16.6 Å². The zero-order valence-corrected chi connectivity index (χ0v) is 17.3. The monoisotopic (exact) mass is 412 g/mol. The molecule has 0 saturated carbocycles. The lowest BCUT2D eigenvalue weighted by atomic mass is 10.0. The minimum Gasteiger partial charge on any atom is -0.352 e. The van der Waals surface area contributed by atoms with Crippen molar-refractivity contribution >= 4 is 16.9 Å². The molecular weight excluding hydrogens is 387 g/mol. The Morgan fingerprint density at radius 1 is 1.23 bits per heavy atom. The third kappa shape index (κ3) is 4.48. The van der Waals surface area contributed by atoms with E-state index in [9.17, 15) is 18.8 Å². The molecule has 0 aliphatic carbocycles. The number of halogens is 1. The number of pyridine rings is 1. The summed E-state index contributed by atoms with van der Waals surface area (Å²) in [4.78, 5) is 44.6. The summed E-state index contributed by atoms with van der Waals surface area (Å²) in [6.45, 7) is 6.47. The van der Waals surface area contributed by atoms with Gasteiger partial charge in [-0.05, 0) is 42.5 Å². The van der Waals surface area contributed by atoms with Crippen LogP contribution in [0.2, 0.25) is 0 Å². The fourth-order valence-electron chi connectivity index (χ4n) is 3.27. The molecule has 0 aliphatic rings. The van der Waals surface area contributed by atoms with Crippen molar-refractivity contribution < 1.29 is 9.18 Å². The van der Waals surface area contributed by atoms with E-state index in [2.05, 4.69) is 15.3 Å². The molecule has 0 fully saturated rings. The van der Waals surface area contributed by atoms with E-state index in [1.165, 1.54) is 16.7 Å². The summed E-state index contributed by atoms with van der Waals surface area (Å²) in [6.07, 6.45) is 1.19. The fraction of sp³-hybridized carbons (Fsp3) is 0.364. The summed E-state index contributed by atoms with van der Waals surface area (Å²) in [5.74, 6) is -0.729. The Kier molecular flexibility index (Phi) is 6.44. The van der Waals surface area contributed by atoms with Crippen LogP contribution >= 0.6 is 0 Å². The molecule has 7 nitrogen and oxygen atoms in total. The molecule has 1 amide bonds. The van der Waals surface area contributed by atoms with E-state index in [-0.39, 0.29) is 28.3 Å². The van der Waals surface area contributed by atoms with Crippen LogP contribution in [0.3, 0.4) is 0 Å². The van der Waals surface area contributed by atoms with Crippen LogP contribution in [-0.4, -0.2) is 27.0 Å². The standard InChI is InChI=1S/C22H25FN4O3/c1-4-11-27-19-18(21(29)26-22(27)30)16(12-17(25-19)13(2)3)20(28)24-10-9-14-5-7-15(23)8-6-14/h5-8,12-13H,4,9-11H2,1-3H3,(H,24,28)(H,26,29,30). The van der Waals surface area contributed by atoms with Gasteiger partial charge in [-0.1, -0.05) is 32.9 Å². The zero-order valence-electron chi connectivity index (χ0n) is 17.3. The molecule has 3 aromatic rings. The molecule has 3 rings (SSSR count). The lowest BCUT2D eigenvalue weighted by Crippen LogP contribution is -2.34. The topological polar surface area (TPSA) is 96.9 Å². The van der Waals surface area contributed by atoms with Crippen molar-refractivity contribution in [2.45, 2.75) is 46.1 Å². The number of benzene rings is 1. The van der Waals surface area contributed by atoms with Crippen molar-refractivity contribution in [2.24, 2.45) is 0 Å². The first-order valence-corrected chi connectivity index (χ1v) is 10.0. The van der Waals surface area contributed by atoms with Gasteiger partial charge in [0, 0.05) is 18.8 Å². The normalized spacial score (nSPS) is 11.2. The molecule has 0 unspecified atom stereocenters. The second kappa shape index (κ2) is 9.02. The third-order valence-corrected chi connectivity index (χ3v) is 4.86. The summed E-state index contributed by atoms with van der Waals surface area (Å²) in [6, 6.07) is 7.67. The second-order valence-electron chi connectivity index (χ2n) is 7.49. The number of hydrogen-bond donors (Lipinski definition) is 2. The number of amides is 1. The van der Waals surface area contributed by atoms with Crippen LogP contribution in [0.1, 0.15) is 54.7 Å². The third-order valence-electron chi connectivity index (χ3n) is 4.86. The number of fused-ring (bicyclic) bond motifs is 1. The molecule has 2 N–H and O–H groups in total. The van der Waals surface area contributed by atoms with Gasteiger partial charge in [-0.25, -0.2) is 14.2 Å². The lowest BCUT2D eigenvalue weighted by Gasteiger charge is -2.14. The Labute approximate surface area is 173 Å². The average molecular weight is 412 g/mol. The molecule has 0 atom stereocenters. The van der Waals surface area contributed by atoms with Crippen molar-refractivity contribution in [2.75, 3.05) is 6.54 Å². The summed E-state index contributed by atoms with van der Waals surface area (Å²) in [7, 11) is 0. The van der Waals surface area contributed by atoms with Gasteiger partial charge in [0.05, 0.1) is 10.9 Å². The number of hydrogen-bond acceptors (Lipinski definition) is 4. The van der Waals surface area contributed by atoms with Gasteiger partial charge in [0.2, 0.25) is 0 Å². The molecule has 30 heavy (non-hydrogen) atoms. The minimum absolute atomic E-state index is 0.00429. The predicted molar refractivity (Wildman–Crippen MR) is 113 cm³/mol. The van der Waals surface area contributed by atoms with E-state index in [0.717, 1.165) is 5.56 Å². The van der Waals surface area contributed by atoms with Gasteiger partial charge in [0.15, 0.2) is 5.65 Å². The summed E-state index contributed by atoms with van der Waals surface area (Å²) >= 11 is 0. The maximum Gasteiger partial charge on any atom is 0.329 e. The average Bonchev–Trinajstić information content (AvgIpc) is 2.71. The van der Waals surface area contributed by atoms with E-state index in [0.29, 0.717) is 31.6 Å². The molecule has 0 aliphatic heterocycles. The Morgan fingerprint density at radius 3 is 2.57 bits per heavy atom. The van der Waals surface area contributed by atoms with Crippen molar-refractivity contribution in [3.05, 3.63) is 73.8 Å². The highest BCUT2D eigenvalue weighted by Crippen LogP contribution is 2.20.